The number of likely N-dealkylation sites (tertiary alicyclic amines) is 1. The Hall–Kier alpha value is -3.46. The predicted octanol–water partition coefficient (Wildman–Crippen LogP) is 3.26. The Morgan fingerprint density at radius 2 is 1.77 bits per heavy atom. The highest BCUT2D eigenvalue weighted by atomic mass is 35.5. The normalized spacial score (nSPS) is 18.2. The Balaban J connectivity index is 1.57. The number of piperidine rings is 1. The molecule has 0 saturated carbocycles. The molecule has 1 saturated heterocycles. The lowest BCUT2D eigenvalue weighted by molar-refractivity contribution is -0.384. The minimum atomic E-state index is -0.868. The average Bonchev–Trinajstić information content (AvgIpc) is 2.78. The van der Waals surface area contributed by atoms with Crippen molar-refractivity contribution in [3.63, 3.8) is 0 Å². The zero-order valence-electron chi connectivity index (χ0n) is 16.4. The van der Waals surface area contributed by atoms with E-state index in [-0.39, 0.29) is 37.2 Å². The number of carbonyl (C=O) groups excluding carboxylic acids is 3. The van der Waals surface area contributed by atoms with Crippen molar-refractivity contribution in [1.29, 1.82) is 0 Å². The number of hydrogen-bond acceptors (Lipinski definition) is 6. The average molecular weight is 446 g/mol. The van der Waals surface area contributed by atoms with Gasteiger partial charge in [-0.1, -0.05) is 18.2 Å². The summed E-state index contributed by atoms with van der Waals surface area (Å²) in [5, 5.41) is 12.7. The van der Waals surface area contributed by atoms with Crippen molar-refractivity contribution in [2.75, 3.05) is 6.54 Å². The van der Waals surface area contributed by atoms with E-state index in [1.807, 2.05) is 0 Å². The van der Waals surface area contributed by atoms with Crippen molar-refractivity contribution in [1.82, 2.24) is 10.2 Å². The number of esters is 1. The predicted molar refractivity (Wildman–Crippen MR) is 112 cm³/mol. The quantitative estimate of drug-likeness (QED) is 0.239. The van der Waals surface area contributed by atoms with E-state index in [2.05, 4.69) is 5.32 Å². The van der Waals surface area contributed by atoms with Crippen LogP contribution in [0.2, 0.25) is 0 Å². The molecule has 31 heavy (non-hydrogen) atoms. The second kappa shape index (κ2) is 10.0. The number of halogens is 1. The zero-order valence-corrected chi connectivity index (χ0v) is 17.2. The maximum Gasteiger partial charge on any atom is 0.329 e. The summed E-state index contributed by atoms with van der Waals surface area (Å²) in [6.45, 7) is -0.00990. The molecular formula is C21H20ClN3O6. The molecule has 1 N–H and O–H groups in total. The number of amides is 2. The zero-order chi connectivity index (χ0) is 22.4. The molecule has 2 aromatic rings. The van der Waals surface area contributed by atoms with Crippen molar-refractivity contribution in [2.45, 2.75) is 31.5 Å². The number of ether oxygens (including phenoxy) is 1. The summed E-state index contributed by atoms with van der Waals surface area (Å²) in [6, 6.07) is 13.1. The molecule has 162 valence electrons. The number of nitrogens with one attached hydrogen (secondary N) is 1. The van der Waals surface area contributed by atoms with Crippen LogP contribution in [0.4, 0.5) is 10.5 Å². The molecule has 9 nitrogen and oxygen atoms in total. The van der Waals surface area contributed by atoms with E-state index in [0.717, 1.165) is 0 Å². The van der Waals surface area contributed by atoms with E-state index in [1.54, 1.807) is 30.3 Å². The fourth-order valence-corrected chi connectivity index (χ4v) is 3.54. The van der Waals surface area contributed by atoms with E-state index in [0.29, 0.717) is 17.5 Å². The van der Waals surface area contributed by atoms with Gasteiger partial charge >= 0.3 is 11.3 Å². The first-order valence-electron chi connectivity index (χ1n) is 9.57. The first-order valence-corrected chi connectivity index (χ1v) is 9.95. The van der Waals surface area contributed by atoms with E-state index < -0.39 is 22.3 Å². The Bertz CT molecular complexity index is 967. The van der Waals surface area contributed by atoms with Crippen LogP contribution in [0.5, 0.6) is 0 Å². The lowest BCUT2D eigenvalue weighted by Gasteiger charge is -2.37. The first kappa shape index (κ1) is 22.2. The third-order valence-electron chi connectivity index (χ3n) is 4.98. The molecule has 0 radical (unpaired) electrons. The lowest BCUT2D eigenvalue weighted by atomic mass is 9.98. The van der Waals surface area contributed by atoms with Gasteiger partial charge in [-0.05, 0) is 54.3 Å². The van der Waals surface area contributed by atoms with Crippen molar-refractivity contribution >= 4 is 34.5 Å². The molecule has 1 heterocycles. The van der Waals surface area contributed by atoms with Gasteiger partial charge < -0.3 is 15.0 Å². The van der Waals surface area contributed by atoms with Gasteiger partial charge in [0, 0.05) is 30.3 Å². The van der Waals surface area contributed by atoms with Crippen LogP contribution in [0, 0.1) is 10.1 Å². The maximum atomic E-state index is 12.5. The molecule has 10 heteroatoms. The second-order valence-electron chi connectivity index (χ2n) is 7.07. The molecule has 2 aromatic carbocycles. The monoisotopic (exact) mass is 445 g/mol. The summed E-state index contributed by atoms with van der Waals surface area (Å²) in [7, 11) is 0. The SMILES string of the molecule is O=C(NC1CCC(C(=O)OCc2ccc([N+](=O)[O-])cc2)N(C(=O)Cl)C1)c1ccccc1. The van der Waals surface area contributed by atoms with Crippen molar-refractivity contribution in [2.24, 2.45) is 0 Å². The van der Waals surface area contributed by atoms with Gasteiger partial charge in [-0.3, -0.25) is 19.7 Å². The van der Waals surface area contributed by atoms with Gasteiger partial charge in [0.1, 0.15) is 12.6 Å². The topological polar surface area (TPSA) is 119 Å². The number of nitro benzene ring substituents is 1. The third kappa shape index (κ3) is 5.79. The van der Waals surface area contributed by atoms with Crippen molar-refractivity contribution in [3.8, 4) is 0 Å². The van der Waals surface area contributed by atoms with Crippen LogP contribution in [0.1, 0.15) is 28.8 Å². The largest absolute Gasteiger partial charge is 0.459 e. The summed E-state index contributed by atoms with van der Waals surface area (Å²) >= 11 is 5.68. The Kier molecular flexibility index (Phi) is 7.19. The number of carbonyl (C=O) groups is 3. The first-order chi connectivity index (χ1) is 14.8. The standard InChI is InChI=1S/C21H20ClN3O6/c22-21(28)24-12-16(23-19(26)15-4-2-1-3-5-15)8-11-18(24)20(27)31-13-14-6-9-17(10-7-14)25(29)30/h1-7,9-10,16,18H,8,11-13H2,(H,23,26). The van der Waals surface area contributed by atoms with Crippen LogP contribution in [-0.2, 0) is 16.1 Å². The lowest BCUT2D eigenvalue weighted by Crippen LogP contribution is -2.55. The Labute approximate surface area is 183 Å². The third-order valence-corrected chi connectivity index (χ3v) is 5.20. The van der Waals surface area contributed by atoms with E-state index in [1.165, 1.54) is 29.2 Å². The number of hydrogen-bond donors (Lipinski definition) is 1. The molecule has 0 aromatic heterocycles. The van der Waals surface area contributed by atoms with Crippen LogP contribution in [0.3, 0.4) is 0 Å². The highest BCUT2D eigenvalue weighted by molar-refractivity contribution is 6.63. The number of nitrogens with zero attached hydrogens (tertiary/aromatic N) is 2. The summed E-state index contributed by atoms with van der Waals surface area (Å²) in [4.78, 5) is 48.2. The number of nitro groups is 1. The minimum absolute atomic E-state index is 0.0649. The Morgan fingerprint density at radius 3 is 2.39 bits per heavy atom. The van der Waals surface area contributed by atoms with Crippen molar-refractivity contribution in [3.05, 3.63) is 75.8 Å². The van der Waals surface area contributed by atoms with E-state index in [9.17, 15) is 24.5 Å². The molecule has 0 aliphatic carbocycles. The molecule has 2 amide bonds. The maximum absolute atomic E-state index is 12.5. The van der Waals surface area contributed by atoms with Gasteiger partial charge in [-0.25, -0.2) is 4.79 Å². The fraction of sp³-hybridized carbons (Fsp3) is 0.286. The highest BCUT2D eigenvalue weighted by Gasteiger charge is 2.37. The van der Waals surface area contributed by atoms with Gasteiger partial charge in [0.15, 0.2) is 0 Å². The molecular weight excluding hydrogens is 426 g/mol. The van der Waals surface area contributed by atoms with Crippen LogP contribution < -0.4 is 5.32 Å². The summed E-state index contributed by atoms with van der Waals surface area (Å²) in [6.07, 6.45) is 0.744. The molecule has 1 aliphatic rings. The fourth-order valence-electron chi connectivity index (χ4n) is 3.35. The van der Waals surface area contributed by atoms with Gasteiger partial charge in [-0.15, -0.1) is 0 Å². The number of non-ortho nitro benzene ring substituents is 1. The van der Waals surface area contributed by atoms with Gasteiger partial charge in [0.25, 0.3) is 11.6 Å². The van der Waals surface area contributed by atoms with Crippen LogP contribution in [0.25, 0.3) is 0 Å². The second-order valence-corrected chi connectivity index (χ2v) is 7.39. The molecule has 2 unspecified atom stereocenters. The van der Waals surface area contributed by atoms with Crippen molar-refractivity contribution < 1.29 is 24.0 Å². The summed E-state index contributed by atoms with van der Waals surface area (Å²) in [5.41, 5.74) is 1.01. The number of benzene rings is 2. The van der Waals surface area contributed by atoms with E-state index >= 15 is 0 Å². The van der Waals surface area contributed by atoms with Crippen LogP contribution >= 0.6 is 11.6 Å². The summed E-state index contributed by atoms with van der Waals surface area (Å²) < 4.78 is 5.29. The highest BCUT2D eigenvalue weighted by Crippen LogP contribution is 2.22. The molecule has 0 spiro atoms. The molecule has 0 bridgehead atoms. The molecule has 1 aliphatic heterocycles. The van der Waals surface area contributed by atoms with Gasteiger partial charge in [0.2, 0.25) is 0 Å². The van der Waals surface area contributed by atoms with Crippen LogP contribution in [0.15, 0.2) is 54.6 Å². The number of rotatable bonds is 6. The molecule has 2 atom stereocenters. The summed E-state index contributed by atoms with van der Waals surface area (Å²) in [5.74, 6) is -0.896. The Morgan fingerprint density at radius 1 is 1.10 bits per heavy atom. The smallest absolute Gasteiger partial charge is 0.329 e. The van der Waals surface area contributed by atoms with Crippen LogP contribution in [-0.4, -0.2) is 45.7 Å². The minimum Gasteiger partial charge on any atom is -0.459 e. The van der Waals surface area contributed by atoms with Gasteiger partial charge in [-0.2, -0.15) is 0 Å². The van der Waals surface area contributed by atoms with Gasteiger partial charge in [0.05, 0.1) is 4.92 Å². The molecule has 1 fully saturated rings. The molecule has 3 rings (SSSR count). The van der Waals surface area contributed by atoms with E-state index in [4.69, 9.17) is 16.3 Å².